The fourth-order valence-corrected chi connectivity index (χ4v) is 2.16. The summed E-state index contributed by atoms with van der Waals surface area (Å²) in [4.78, 5) is 18.7. The van der Waals surface area contributed by atoms with Crippen LogP contribution in [0.15, 0.2) is 42.6 Å². The topological polar surface area (TPSA) is 54.5 Å². The van der Waals surface area contributed by atoms with Crippen LogP contribution in [-0.2, 0) is 0 Å². The van der Waals surface area contributed by atoms with Gasteiger partial charge in [0.25, 0.3) is 5.91 Å². The van der Waals surface area contributed by atoms with E-state index in [1.807, 2.05) is 31.3 Å². The van der Waals surface area contributed by atoms with Gasteiger partial charge >= 0.3 is 0 Å². The van der Waals surface area contributed by atoms with Crippen LogP contribution in [0.25, 0.3) is 0 Å². The molecular formula is C18H23N3O2. The minimum Gasteiger partial charge on any atom is -0.497 e. The molecule has 0 aliphatic carbocycles. The zero-order valence-corrected chi connectivity index (χ0v) is 13.9. The van der Waals surface area contributed by atoms with Crippen LogP contribution in [-0.4, -0.2) is 31.6 Å². The molecule has 0 spiro atoms. The smallest absolute Gasteiger partial charge is 0.257 e. The molecule has 0 radical (unpaired) electrons. The van der Waals surface area contributed by atoms with Crippen LogP contribution in [0.4, 0.5) is 11.5 Å². The quantitative estimate of drug-likeness (QED) is 0.849. The second-order valence-corrected chi connectivity index (χ2v) is 5.37. The van der Waals surface area contributed by atoms with Crippen molar-refractivity contribution in [3.8, 4) is 5.75 Å². The third kappa shape index (κ3) is 4.71. The van der Waals surface area contributed by atoms with Crippen molar-refractivity contribution in [1.29, 1.82) is 0 Å². The maximum absolute atomic E-state index is 12.3. The summed E-state index contributed by atoms with van der Waals surface area (Å²) in [5.74, 6) is 1.39. The van der Waals surface area contributed by atoms with E-state index in [1.165, 1.54) is 0 Å². The van der Waals surface area contributed by atoms with E-state index in [-0.39, 0.29) is 5.91 Å². The van der Waals surface area contributed by atoms with Crippen molar-refractivity contribution in [2.24, 2.45) is 0 Å². The van der Waals surface area contributed by atoms with Gasteiger partial charge in [-0.15, -0.1) is 0 Å². The average molecular weight is 313 g/mol. The Morgan fingerprint density at radius 3 is 2.78 bits per heavy atom. The SMILES string of the molecule is CCCCN(C)c1ccc(C(=O)Nc2cccc(OC)c2)cn1. The number of rotatable bonds is 7. The molecule has 122 valence electrons. The number of aromatic nitrogens is 1. The summed E-state index contributed by atoms with van der Waals surface area (Å²) >= 11 is 0. The van der Waals surface area contributed by atoms with Crippen molar-refractivity contribution in [2.75, 3.05) is 30.9 Å². The third-order valence-corrected chi connectivity index (χ3v) is 3.58. The summed E-state index contributed by atoms with van der Waals surface area (Å²) in [6, 6.07) is 10.9. The standard InChI is InChI=1S/C18H23N3O2/c1-4-5-11-21(2)17-10-9-14(13-19-17)18(22)20-15-7-6-8-16(12-15)23-3/h6-10,12-13H,4-5,11H2,1-3H3,(H,20,22). The van der Waals surface area contributed by atoms with Gasteiger partial charge in [0.05, 0.1) is 12.7 Å². The molecular weight excluding hydrogens is 290 g/mol. The molecule has 0 atom stereocenters. The number of methoxy groups -OCH3 is 1. The fraction of sp³-hybridized carbons (Fsp3) is 0.333. The molecule has 0 aliphatic heterocycles. The molecule has 0 saturated carbocycles. The van der Waals surface area contributed by atoms with Gasteiger partial charge in [-0.25, -0.2) is 4.98 Å². The van der Waals surface area contributed by atoms with E-state index in [4.69, 9.17) is 4.74 Å². The summed E-state index contributed by atoms with van der Waals surface area (Å²) in [6.45, 7) is 3.12. The number of hydrogen-bond donors (Lipinski definition) is 1. The van der Waals surface area contributed by atoms with E-state index < -0.39 is 0 Å². The average Bonchev–Trinajstić information content (AvgIpc) is 2.60. The molecule has 1 amide bonds. The number of nitrogens with one attached hydrogen (secondary N) is 1. The molecule has 0 unspecified atom stereocenters. The lowest BCUT2D eigenvalue weighted by Gasteiger charge is -2.17. The van der Waals surface area contributed by atoms with Gasteiger partial charge in [0.15, 0.2) is 0 Å². The van der Waals surface area contributed by atoms with Gasteiger partial charge in [0, 0.05) is 31.5 Å². The normalized spacial score (nSPS) is 10.2. The zero-order valence-electron chi connectivity index (χ0n) is 13.9. The molecule has 2 rings (SSSR count). The summed E-state index contributed by atoms with van der Waals surface area (Å²) in [7, 11) is 3.60. The fourth-order valence-electron chi connectivity index (χ4n) is 2.16. The summed E-state index contributed by atoms with van der Waals surface area (Å²) in [6.07, 6.45) is 3.87. The molecule has 1 aromatic heterocycles. The Labute approximate surface area is 137 Å². The van der Waals surface area contributed by atoms with Crippen molar-refractivity contribution < 1.29 is 9.53 Å². The first-order chi connectivity index (χ1) is 11.1. The Kier molecular flexibility index (Phi) is 5.97. The van der Waals surface area contributed by atoms with Crippen LogP contribution in [0.5, 0.6) is 5.75 Å². The Hall–Kier alpha value is -2.56. The number of anilines is 2. The first-order valence-corrected chi connectivity index (χ1v) is 7.76. The highest BCUT2D eigenvalue weighted by molar-refractivity contribution is 6.04. The lowest BCUT2D eigenvalue weighted by molar-refractivity contribution is 0.102. The van der Waals surface area contributed by atoms with Crippen molar-refractivity contribution in [2.45, 2.75) is 19.8 Å². The molecule has 0 bridgehead atoms. The Bertz CT molecular complexity index is 641. The predicted octanol–water partition coefficient (Wildman–Crippen LogP) is 3.58. The number of ether oxygens (including phenoxy) is 1. The van der Waals surface area contributed by atoms with Crippen LogP contribution >= 0.6 is 0 Å². The van der Waals surface area contributed by atoms with E-state index in [1.54, 1.807) is 25.4 Å². The van der Waals surface area contributed by atoms with Crippen LogP contribution in [0.1, 0.15) is 30.1 Å². The molecule has 1 heterocycles. The predicted molar refractivity (Wildman–Crippen MR) is 93.4 cm³/mol. The minimum atomic E-state index is -0.187. The number of amides is 1. The van der Waals surface area contributed by atoms with Crippen LogP contribution in [0.3, 0.4) is 0 Å². The van der Waals surface area contributed by atoms with Gasteiger partial charge in [-0.1, -0.05) is 19.4 Å². The monoisotopic (exact) mass is 313 g/mol. The molecule has 2 aromatic rings. The summed E-state index contributed by atoms with van der Waals surface area (Å²) in [5.41, 5.74) is 1.22. The van der Waals surface area contributed by atoms with Crippen molar-refractivity contribution in [1.82, 2.24) is 4.98 Å². The molecule has 1 aromatic carbocycles. The van der Waals surface area contributed by atoms with Gasteiger partial charge in [0.1, 0.15) is 11.6 Å². The van der Waals surface area contributed by atoms with E-state index in [0.29, 0.717) is 17.0 Å². The second kappa shape index (κ2) is 8.17. The molecule has 5 nitrogen and oxygen atoms in total. The number of benzene rings is 1. The molecule has 0 fully saturated rings. The van der Waals surface area contributed by atoms with E-state index >= 15 is 0 Å². The zero-order chi connectivity index (χ0) is 16.7. The highest BCUT2D eigenvalue weighted by atomic mass is 16.5. The Balaban J connectivity index is 2.02. The Morgan fingerprint density at radius 1 is 1.30 bits per heavy atom. The van der Waals surface area contributed by atoms with Crippen LogP contribution < -0.4 is 15.0 Å². The molecule has 5 heteroatoms. The van der Waals surface area contributed by atoms with E-state index in [2.05, 4.69) is 22.1 Å². The Morgan fingerprint density at radius 2 is 2.13 bits per heavy atom. The van der Waals surface area contributed by atoms with Crippen LogP contribution in [0, 0.1) is 0 Å². The van der Waals surface area contributed by atoms with E-state index in [9.17, 15) is 4.79 Å². The van der Waals surface area contributed by atoms with Crippen molar-refractivity contribution in [3.63, 3.8) is 0 Å². The number of carbonyl (C=O) groups excluding carboxylic acids is 1. The summed E-state index contributed by atoms with van der Waals surface area (Å²) in [5, 5.41) is 2.84. The number of hydrogen-bond acceptors (Lipinski definition) is 4. The number of nitrogens with zero attached hydrogens (tertiary/aromatic N) is 2. The van der Waals surface area contributed by atoms with Crippen molar-refractivity contribution in [3.05, 3.63) is 48.2 Å². The number of carbonyl (C=O) groups is 1. The molecule has 0 saturated heterocycles. The highest BCUT2D eigenvalue weighted by Crippen LogP contribution is 2.18. The molecule has 23 heavy (non-hydrogen) atoms. The molecule has 0 aliphatic rings. The van der Waals surface area contributed by atoms with Gasteiger partial charge in [-0.3, -0.25) is 4.79 Å². The summed E-state index contributed by atoms with van der Waals surface area (Å²) < 4.78 is 5.15. The van der Waals surface area contributed by atoms with Crippen molar-refractivity contribution >= 4 is 17.4 Å². The van der Waals surface area contributed by atoms with Gasteiger partial charge in [-0.2, -0.15) is 0 Å². The maximum atomic E-state index is 12.3. The third-order valence-electron chi connectivity index (χ3n) is 3.58. The first-order valence-electron chi connectivity index (χ1n) is 7.76. The van der Waals surface area contributed by atoms with E-state index in [0.717, 1.165) is 25.2 Å². The van der Waals surface area contributed by atoms with Gasteiger partial charge < -0.3 is 15.0 Å². The molecule has 1 N–H and O–H groups in total. The maximum Gasteiger partial charge on any atom is 0.257 e. The highest BCUT2D eigenvalue weighted by Gasteiger charge is 2.09. The second-order valence-electron chi connectivity index (χ2n) is 5.37. The van der Waals surface area contributed by atoms with Gasteiger partial charge in [-0.05, 0) is 30.7 Å². The van der Waals surface area contributed by atoms with Crippen LogP contribution in [0.2, 0.25) is 0 Å². The lowest BCUT2D eigenvalue weighted by atomic mass is 10.2. The first kappa shape index (κ1) is 16.8. The lowest BCUT2D eigenvalue weighted by Crippen LogP contribution is -2.20. The number of pyridine rings is 1. The van der Waals surface area contributed by atoms with Gasteiger partial charge in [0.2, 0.25) is 0 Å². The number of unbranched alkanes of at least 4 members (excludes halogenated alkanes) is 1. The minimum absolute atomic E-state index is 0.187. The largest absolute Gasteiger partial charge is 0.497 e.